The topological polar surface area (TPSA) is 45.7 Å². The number of nitrogens with zero attached hydrogens (tertiary/aromatic N) is 1. The molecule has 0 aromatic carbocycles. The Balaban J connectivity index is 0.00000161. The highest BCUT2D eigenvalue weighted by atomic mass is 127. The fourth-order valence-electron chi connectivity index (χ4n) is 3.93. The van der Waals surface area contributed by atoms with E-state index in [1.807, 2.05) is 7.05 Å². The van der Waals surface area contributed by atoms with Crippen molar-refractivity contribution in [3.8, 4) is 0 Å². The Morgan fingerprint density at radius 2 is 1.90 bits per heavy atom. The highest BCUT2D eigenvalue weighted by molar-refractivity contribution is 14.0. The summed E-state index contributed by atoms with van der Waals surface area (Å²) in [5.41, 5.74) is 0. The van der Waals surface area contributed by atoms with E-state index in [0.717, 1.165) is 30.8 Å². The maximum absolute atomic E-state index is 5.89. The minimum Gasteiger partial charge on any atom is -0.373 e. The van der Waals surface area contributed by atoms with Crippen molar-refractivity contribution in [1.29, 1.82) is 0 Å². The van der Waals surface area contributed by atoms with Crippen molar-refractivity contribution in [3.63, 3.8) is 0 Å². The molecule has 1 saturated carbocycles. The predicted octanol–water partition coefficient (Wildman–Crippen LogP) is 2.92. The van der Waals surface area contributed by atoms with E-state index in [4.69, 9.17) is 4.74 Å². The van der Waals surface area contributed by atoms with E-state index in [0.29, 0.717) is 18.2 Å². The SMILES string of the molecule is CN=C(NCC1CCC(C)CC1)NC1CC2CCC1O2.I. The maximum Gasteiger partial charge on any atom is 0.191 e. The number of nitrogens with one attached hydrogen (secondary N) is 2. The first kappa shape index (κ1) is 17.3. The highest BCUT2D eigenvalue weighted by Gasteiger charge is 2.41. The van der Waals surface area contributed by atoms with Crippen LogP contribution in [0.2, 0.25) is 0 Å². The average molecular weight is 407 g/mol. The van der Waals surface area contributed by atoms with E-state index < -0.39 is 0 Å². The average Bonchev–Trinajstić information content (AvgIpc) is 3.07. The van der Waals surface area contributed by atoms with Gasteiger partial charge in [0.05, 0.1) is 18.2 Å². The molecule has 3 aliphatic rings. The maximum atomic E-state index is 5.89. The van der Waals surface area contributed by atoms with Gasteiger partial charge < -0.3 is 15.4 Å². The molecule has 2 heterocycles. The zero-order chi connectivity index (χ0) is 13.9. The van der Waals surface area contributed by atoms with Gasteiger partial charge in [0.25, 0.3) is 0 Å². The fourth-order valence-corrected chi connectivity index (χ4v) is 3.93. The third kappa shape index (κ3) is 4.47. The number of guanidine groups is 1. The van der Waals surface area contributed by atoms with Crippen LogP contribution in [0.25, 0.3) is 0 Å². The second-order valence-electron chi connectivity index (χ2n) is 6.94. The molecule has 0 amide bonds. The molecule has 0 aromatic heterocycles. The van der Waals surface area contributed by atoms with Crippen LogP contribution in [0.5, 0.6) is 0 Å². The Hall–Kier alpha value is -0.0400. The van der Waals surface area contributed by atoms with E-state index in [1.165, 1.54) is 38.5 Å². The molecule has 21 heavy (non-hydrogen) atoms. The first-order chi connectivity index (χ1) is 9.74. The summed E-state index contributed by atoms with van der Waals surface area (Å²) in [6.07, 6.45) is 10.0. The molecule has 4 nitrogen and oxygen atoms in total. The molecule has 2 saturated heterocycles. The molecule has 2 aliphatic heterocycles. The molecule has 1 aliphatic carbocycles. The molecule has 2 N–H and O–H groups in total. The van der Waals surface area contributed by atoms with Gasteiger partial charge in [0.1, 0.15) is 0 Å². The van der Waals surface area contributed by atoms with Gasteiger partial charge >= 0.3 is 0 Å². The molecular weight excluding hydrogens is 377 g/mol. The molecule has 3 rings (SSSR count). The second-order valence-corrected chi connectivity index (χ2v) is 6.94. The first-order valence-corrected chi connectivity index (χ1v) is 8.37. The molecule has 3 fully saturated rings. The zero-order valence-electron chi connectivity index (χ0n) is 13.3. The Labute approximate surface area is 145 Å². The molecule has 3 unspecified atom stereocenters. The summed E-state index contributed by atoms with van der Waals surface area (Å²) in [6, 6.07) is 0.464. The van der Waals surface area contributed by atoms with Crippen molar-refractivity contribution in [2.45, 2.75) is 70.1 Å². The molecule has 0 radical (unpaired) electrons. The Bertz CT molecular complexity index is 355. The Morgan fingerprint density at radius 3 is 2.48 bits per heavy atom. The number of rotatable bonds is 3. The number of aliphatic imine (C=N–C) groups is 1. The zero-order valence-corrected chi connectivity index (χ0v) is 15.6. The minimum atomic E-state index is 0. The van der Waals surface area contributed by atoms with Gasteiger partial charge in [0, 0.05) is 13.6 Å². The van der Waals surface area contributed by atoms with Gasteiger partial charge in [0.2, 0.25) is 0 Å². The van der Waals surface area contributed by atoms with Gasteiger partial charge in [-0.2, -0.15) is 0 Å². The van der Waals surface area contributed by atoms with Gasteiger partial charge in [-0.05, 0) is 43.9 Å². The number of halogens is 1. The largest absolute Gasteiger partial charge is 0.373 e. The molecule has 3 atom stereocenters. The molecule has 0 aromatic rings. The van der Waals surface area contributed by atoms with Crippen LogP contribution >= 0.6 is 24.0 Å². The molecule has 0 spiro atoms. The van der Waals surface area contributed by atoms with Gasteiger partial charge in [-0.1, -0.05) is 19.8 Å². The number of hydrogen-bond donors (Lipinski definition) is 2. The van der Waals surface area contributed by atoms with Crippen LogP contribution in [-0.2, 0) is 4.74 Å². The molecule has 2 bridgehead atoms. The second kappa shape index (κ2) is 7.99. The lowest BCUT2D eigenvalue weighted by Crippen LogP contribution is -2.48. The van der Waals surface area contributed by atoms with Gasteiger partial charge in [-0.15, -0.1) is 24.0 Å². The molecular formula is C16H30IN3O. The van der Waals surface area contributed by atoms with E-state index in [2.05, 4.69) is 22.5 Å². The van der Waals surface area contributed by atoms with Crippen molar-refractivity contribution < 1.29 is 4.74 Å². The highest BCUT2D eigenvalue weighted by Crippen LogP contribution is 2.34. The normalized spacial score (nSPS) is 39.0. The first-order valence-electron chi connectivity index (χ1n) is 8.37. The van der Waals surface area contributed by atoms with E-state index in [-0.39, 0.29) is 24.0 Å². The quantitative estimate of drug-likeness (QED) is 0.430. The van der Waals surface area contributed by atoms with Crippen LogP contribution in [0.15, 0.2) is 4.99 Å². The number of fused-ring (bicyclic) bond motifs is 2. The van der Waals surface area contributed by atoms with Crippen LogP contribution in [0.1, 0.15) is 51.9 Å². The lowest BCUT2D eigenvalue weighted by atomic mass is 9.83. The monoisotopic (exact) mass is 407 g/mol. The third-order valence-electron chi connectivity index (χ3n) is 5.35. The summed E-state index contributed by atoms with van der Waals surface area (Å²) in [5, 5.41) is 7.08. The predicted molar refractivity (Wildman–Crippen MR) is 97.3 cm³/mol. The molecule has 122 valence electrons. The fraction of sp³-hybridized carbons (Fsp3) is 0.938. The minimum absolute atomic E-state index is 0. The van der Waals surface area contributed by atoms with E-state index in [9.17, 15) is 0 Å². The molecule has 5 heteroatoms. The van der Waals surface area contributed by atoms with E-state index in [1.54, 1.807) is 0 Å². The Morgan fingerprint density at radius 1 is 1.14 bits per heavy atom. The standard InChI is InChI=1S/C16H29N3O.HI/c1-11-3-5-12(6-4-11)10-18-16(17-2)19-14-9-13-7-8-15(14)20-13;/h11-15H,3-10H2,1-2H3,(H2,17,18,19);1H. The van der Waals surface area contributed by atoms with Crippen LogP contribution in [0.4, 0.5) is 0 Å². The van der Waals surface area contributed by atoms with Gasteiger partial charge in [-0.3, -0.25) is 4.99 Å². The lowest BCUT2D eigenvalue weighted by Gasteiger charge is -2.28. The smallest absolute Gasteiger partial charge is 0.191 e. The summed E-state index contributed by atoms with van der Waals surface area (Å²) >= 11 is 0. The number of ether oxygens (including phenoxy) is 1. The lowest BCUT2D eigenvalue weighted by molar-refractivity contribution is 0.0992. The van der Waals surface area contributed by atoms with Crippen molar-refractivity contribution in [2.75, 3.05) is 13.6 Å². The van der Waals surface area contributed by atoms with Gasteiger partial charge in [0.15, 0.2) is 5.96 Å². The van der Waals surface area contributed by atoms with Crippen LogP contribution < -0.4 is 10.6 Å². The van der Waals surface area contributed by atoms with Crippen LogP contribution in [-0.4, -0.2) is 37.8 Å². The summed E-state index contributed by atoms with van der Waals surface area (Å²) in [4.78, 5) is 4.37. The van der Waals surface area contributed by atoms with Crippen molar-refractivity contribution in [1.82, 2.24) is 10.6 Å². The van der Waals surface area contributed by atoms with Crippen LogP contribution in [0.3, 0.4) is 0 Å². The van der Waals surface area contributed by atoms with Crippen molar-refractivity contribution >= 4 is 29.9 Å². The van der Waals surface area contributed by atoms with Crippen LogP contribution in [0, 0.1) is 11.8 Å². The summed E-state index contributed by atoms with van der Waals surface area (Å²) in [7, 11) is 1.87. The van der Waals surface area contributed by atoms with E-state index >= 15 is 0 Å². The summed E-state index contributed by atoms with van der Waals surface area (Å²) < 4.78 is 5.89. The summed E-state index contributed by atoms with van der Waals surface area (Å²) in [6.45, 7) is 3.44. The van der Waals surface area contributed by atoms with Crippen molar-refractivity contribution in [2.24, 2.45) is 16.8 Å². The number of hydrogen-bond acceptors (Lipinski definition) is 2. The third-order valence-corrected chi connectivity index (χ3v) is 5.35. The Kier molecular flexibility index (Phi) is 6.59. The summed E-state index contributed by atoms with van der Waals surface area (Å²) in [5.74, 6) is 2.71. The van der Waals surface area contributed by atoms with Crippen molar-refractivity contribution in [3.05, 3.63) is 0 Å². The van der Waals surface area contributed by atoms with Gasteiger partial charge in [-0.25, -0.2) is 0 Å².